The molecule has 0 aromatic heterocycles. The third-order valence-corrected chi connectivity index (χ3v) is 4.70. The monoisotopic (exact) mass is 277 g/mol. The van der Waals surface area contributed by atoms with Gasteiger partial charge in [0, 0.05) is 18.0 Å². The summed E-state index contributed by atoms with van der Waals surface area (Å²) in [6.45, 7) is 1.73. The molecule has 0 N–H and O–H groups in total. The minimum Gasteiger partial charge on any atom is -0.258 e. The van der Waals surface area contributed by atoms with Crippen molar-refractivity contribution >= 4 is 27.1 Å². The SMILES string of the molecule is CC(CCl)CS(=O)(=O)c1ccc([N+](=O)[O-])cc1. The molecule has 0 aliphatic carbocycles. The molecule has 0 bridgehead atoms. The summed E-state index contributed by atoms with van der Waals surface area (Å²) in [5.74, 6) is 0.0393. The molecule has 1 rings (SSSR count). The van der Waals surface area contributed by atoms with E-state index in [0.717, 1.165) is 0 Å². The first-order valence-electron chi connectivity index (χ1n) is 4.90. The molecule has 1 aromatic rings. The van der Waals surface area contributed by atoms with E-state index in [1.165, 1.54) is 24.3 Å². The molecule has 0 heterocycles. The maximum absolute atomic E-state index is 11.9. The smallest absolute Gasteiger partial charge is 0.258 e. The lowest BCUT2D eigenvalue weighted by Gasteiger charge is -2.08. The number of nitrogens with zero attached hydrogens (tertiary/aromatic N) is 1. The molecule has 0 spiro atoms. The van der Waals surface area contributed by atoms with E-state index in [1.54, 1.807) is 6.92 Å². The molecule has 1 atom stereocenters. The number of hydrogen-bond acceptors (Lipinski definition) is 4. The number of sulfone groups is 1. The average molecular weight is 278 g/mol. The molecule has 0 saturated carbocycles. The average Bonchev–Trinajstić information content (AvgIpc) is 2.28. The maximum Gasteiger partial charge on any atom is 0.269 e. The highest BCUT2D eigenvalue weighted by Gasteiger charge is 2.19. The maximum atomic E-state index is 11.9. The Bertz CT molecular complexity index is 498. The molecule has 1 aromatic carbocycles. The number of nitro groups is 1. The van der Waals surface area contributed by atoms with Crippen molar-refractivity contribution in [2.45, 2.75) is 11.8 Å². The van der Waals surface area contributed by atoms with Gasteiger partial charge in [-0.25, -0.2) is 8.42 Å². The lowest BCUT2D eigenvalue weighted by molar-refractivity contribution is -0.384. The molecular weight excluding hydrogens is 266 g/mol. The first-order chi connectivity index (χ1) is 7.86. The molecule has 0 aliphatic rings. The summed E-state index contributed by atoms with van der Waals surface area (Å²) in [6.07, 6.45) is 0. The zero-order valence-corrected chi connectivity index (χ0v) is 10.7. The highest BCUT2D eigenvalue weighted by molar-refractivity contribution is 7.91. The van der Waals surface area contributed by atoms with Crippen LogP contribution < -0.4 is 0 Å². The highest BCUT2D eigenvalue weighted by Crippen LogP contribution is 2.18. The number of hydrogen-bond donors (Lipinski definition) is 0. The van der Waals surface area contributed by atoms with Crippen LogP contribution in [0.4, 0.5) is 5.69 Å². The van der Waals surface area contributed by atoms with Crippen molar-refractivity contribution in [2.75, 3.05) is 11.6 Å². The van der Waals surface area contributed by atoms with Crippen molar-refractivity contribution in [2.24, 2.45) is 5.92 Å². The summed E-state index contributed by atoms with van der Waals surface area (Å²) >= 11 is 5.56. The van der Waals surface area contributed by atoms with Crippen LogP contribution >= 0.6 is 11.6 Å². The van der Waals surface area contributed by atoms with Gasteiger partial charge in [0.25, 0.3) is 5.69 Å². The second-order valence-corrected chi connectivity index (χ2v) is 6.13. The van der Waals surface area contributed by atoms with Crippen LogP contribution in [-0.4, -0.2) is 25.0 Å². The Kier molecular flexibility index (Phi) is 4.47. The van der Waals surface area contributed by atoms with Gasteiger partial charge < -0.3 is 0 Å². The summed E-state index contributed by atoms with van der Waals surface area (Å²) in [5, 5.41) is 10.4. The number of nitro benzene ring substituents is 1. The van der Waals surface area contributed by atoms with E-state index in [9.17, 15) is 18.5 Å². The van der Waals surface area contributed by atoms with Crippen LogP contribution in [-0.2, 0) is 9.84 Å². The molecule has 17 heavy (non-hydrogen) atoms. The van der Waals surface area contributed by atoms with Gasteiger partial charge in [-0.2, -0.15) is 0 Å². The van der Waals surface area contributed by atoms with Crippen molar-refractivity contribution < 1.29 is 13.3 Å². The van der Waals surface area contributed by atoms with Gasteiger partial charge in [-0.15, -0.1) is 11.6 Å². The first kappa shape index (κ1) is 13.9. The van der Waals surface area contributed by atoms with Crippen LogP contribution in [0.1, 0.15) is 6.92 Å². The Hall–Kier alpha value is -1.14. The normalized spacial score (nSPS) is 13.3. The second-order valence-electron chi connectivity index (χ2n) is 3.79. The van der Waals surface area contributed by atoms with Gasteiger partial charge >= 0.3 is 0 Å². The topological polar surface area (TPSA) is 77.3 Å². The van der Waals surface area contributed by atoms with E-state index >= 15 is 0 Å². The van der Waals surface area contributed by atoms with Crippen LogP contribution in [0.25, 0.3) is 0 Å². The number of halogens is 1. The Balaban J connectivity index is 2.96. The Morgan fingerprint density at radius 3 is 2.29 bits per heavy atom. The summed E-state index contributed by atoms with van der Waals surface area (Å²) in [7, 11) is -3.42. The van der Waals surface area contributed by atoms with E-state index < -0.39 is 14.8 Å². The second kappa shape index (κ2) is 5.46. The molecule has 0 radical (unpaired) electrons. The highest BCUT2D eigenvalue weighted by atomic mass is 35.5. The van der Waals surface area contributed by atoms with Gasteiger partial charge in [0.05, 0.1) is 15.6 Å². The van der Waals surface area contributed by atoms with Crippen molar-refractivity contribution in [3.05, 3.63) is 34.4 Å². The molecule has 0 saturated heterocycles. The standard InChI is InChI=1S/C10H12ClNO4S/c1-8(6-11)7-17(15,16)10-4-2-9(3-5-10)12(13)14/h2-5,8H,6-7H2,1H3. The summed E-state index contributed by atoms with van der Waals surface area (Å²) in [6, 6.07) is 4.85. The van der Waals surface area contributed by atoms with Gasteiger partial charge in [0.15, 0.2) is 9.84 Å². The minimum absolute atomic E-state index is 0.0612. The Morgan fingerprint density at radius 2 is 1.88 bits per heavy atom. The molecule has 1 unspecified atom stereocenters. The summed E-state index contributed by atoms with van der Waals surface area (Å²) in [4.78, 5) is 9.94. The third kappa shape index (κ3) is 3.67. The molecule has 5 nitrogen and oxygen atoms in total. The molecule has 0 aliphatic heterocycles. The molecule has 0 fully saturated rings. The fraction of sp³-hybridized carbons (Fsp3) is 0.400. The number of benzene rings is 1. The molecule has 0 amide bonds. The van der Waals surface area contributed by atoms with E-state index in [4.69, 9.17) is 11.6 Å². The van der Waals surface area contributed by atoms with Crippen LogP contribution in [0.15, 0.2) is 29.2 Å². The van der Waals surface area contributed by atoms with Gasteiger partial charge in [0.1, 0.15) is 0 Å². The van der Waals surface area contributed by atoms with Crippen LogP contribution in [0.5, 0.6) is 0 Å². The van der Waals surface area contributed by atoms with Gasteiger partial charge in [-0.1, -0.05) is 6.92 Å². The first-order valence-corrected chi connectivity index (χ1v) is 7.08. The van der Waals surface area contributed by atoms with Crippen LogP contribution in [0, 0.1) is 16.0 Å². The fourth-order valence-corrected chi connectivity index (χ4v) is 3.14. The zero-order valence-electron chi connectivity index (χ0n) is 9.17. The van der Waals surface area contributed by atoms with Gasteiger partial charge in [-0.05, 0) is 18.1 Å². The molecule has 7 heteroatoms. The van der Waals surface area contributed by atoms with Gasteiger partial charge in [0.2, 0.25) is 0 Å². The fourth-order valence-electron chi connectivity index (χ4n) is 1.29. The minimum atomic E-state index is -3.42. The Morgan fingerprint density at radius 1 is 1.35 bits per heavy atom. The molecular formula is C10H12ClNO4S. The largest absolute Gasteiger partial charge is 0.269 e. The zero-order chi connectivity index (χ0) is 13.1. The van der Waals surface area contributed by atoms with Crippen molar-refractivity contribution in [1.82, 2.24) is 0 Å². The van der Waals surface area contributed by atoms with Crippen LogP contribution in [0.2, 0.25) is 0 Å². The lowest BCUT2D eigenvalue weighted by atomic mass is 10.3. The number of alkyl halides is 1. The summed E-state index contributed by atoms with van der Waals surface area (Å²) < 4.78 is 23.7. The van der Waals surface area contributed by atoms with E-state index in [-0.39, 0.29) is 28.1 Å². The van der Waals surface area contributed by atoms with Crippen molar-refractivity contribution in [3.8, 4) is 0 Å². The lowest BCUT2D eigenvalue weighted by Crippen LogP contribution is -2.15. The third-order valence-electron chi connectivity index (χ3n) is 2.17. The number of rotatable bonds is 5. The van der Waals surface area contributed by atoms with Crippen molar-refractivity contribution in [1.29, 1.82) is 0 Å². The molecule has 94 valence electrons. The predicted molar refractivity (Wildman–Crippen MR) is 65.0 cm³/mol. The van der Waals surface area contributed by atoms with E-state index in [0.29, 0.717) is 0 Å². The number of non-ortho nitro benzene ring substituents is 1. The van der Waals surface area contributed by atoms with E-state index in [1.807, 2.05) is 0 Å². The predicted octanol–water partition coefficient (Wildman–Crippen LogP) is 2.24. The van der Waals surface area contributed by atoms with Crippen LogP contribution in [0.3, 0.4) is 0 Å². The van der Waals surface area contributed by atoms with E-state index in [2.05, 4.69) is 0 Å². The van der Waals surface area contributed by atoms with Crippen molar-refractivity contribution in [3.63, 3.8) is 0 Å². The van der Waals surface area contributed by atoms with Gasteiger partial charge in [-0.3, -0.25) is 10.1 Å². The summed E-state index contributed by atoms with van der Waals surface area (Å²) in [5.41, 5.74) is -0.130. The quantitative estimate of drug-likeness (QED) is 0.470. The Labute approximate surface area is 104 Å².